The van der Waals surface area contributed by atoms with Crippen molar-refractivity contribution >= 4 is 11.8 Å². The SMILES string of the molecule is CCCCN1C(=O)CC(C(=O)NCC#Cc2ccccc2)C1c1ccc(OC)cc1. The standard InChI is InChI=1S/C25H28N2O3/c1-3-4-17-27-23(28)18-22(24(27)20-12-14-21(30-2)15-13-20)25(29)26-16-8-11-19-9-6-5-7-10-19/h5-7,9-10,12-15,22,24H,3-4,16-18H2,1-2H3,(H,26,29). The predicted molar refractivity (Wildman–Crippen MR) is 117 cm³/mol. The van der Waals surface area contributed by atoms with Gasteiger partial charge in [-0.05, 0) is 36.2 Å². The Morgan fingerprint density at radius 3 is 2.57 bits per heavy atom. The number of amides is 2. The van der Waals surface area contributed by atoms with Gasteiger partial charge in [0.1, 0.15) is 5.75 Å². The van der Waals surface area contributed by atoms with Crippen molar-refractivity contribution in [1.82, 2.24) is 10.2 Å². The molecular formula is C25H28N2O3. The number of ether oxygens (including phenoxy) is 1. The lowest BCUT2D eigenvalue weighted by molar-refractivity contribution is -0.129. The Morgan fingerprint density at radius 1 is 1.17 bits per heavy atom. The summed E-state index contributed by atoms with van der Waals surface area (Å²) in [4.78, 5) is 27.5. The molecule has 1 saturated heterocycles. The number of hydrogen-bond donors (Lipinski definition) is 1. The van der Waals surface area contributed by atoms with E-state index in [0.29, 0.717) is 6.54 Å². The predicted octanol–water partition coefficient (Wildman–Crippen LogP) is 3.55. The van der Waals surface area contributed by atoms with Crippen LogP contribution in [0, 0.1) is 17.8 Å². The molecule has 1 aliphatic rings. The molecule has 0 bridgehead atoms. The Morgan fingerprint density at radius 2 is 1.90 bits per heavy atom. The van der Waals surface area contributed by atoms with E-state index in [9.17, 15) is 9.59 Å². The number of carbonyl (C=O) groups excluding carboxylic acids is 2. The lowest BCUT2D eigenvalue weighted by Gasteiger charge is -2.28. The molecule has 1 fully saturated rings. The van der Waals surface area contributed by atoms with E-state index in [1.54, 1.807) is 7.11 Å². The minimum absolute atomic E-state index is 0.0276. The van der Waals surface area contributed by atoms with Crippen molar-refractivity contribution < 1.29 is 14.3 Å². The largest absolute Gasteiger partial charge is 0.497 e. The van der Waals surface area contributed by atoms with Gasteiger partial charge in [0.15, 0.2) is 0 Å². The summed E-state index contributed by atoms with van der Waals surface area (Å²) in [5.74, 6) is 6.24. The van der Waals surface area contributed by atoms with E-state index >= 15 is 0 Å². The van der Waals surface area contributed by atoms with Crippen LogP contribution in [0.4, 0.5) is 0 Å². The topological polar surface area (TPSA) is 58.6 Å². The number of nitrogens with one attached hydrogen (secondary N) is 1. The Kier molecular flexibility index (Phi) is 7.51. The molecule has 5 nitrogen and oxygen atoms in total. The number of benzene rings is 2. The number of hydrogen-bond acceptors (Lipinski definition) is 3. The molecule has 1 heterocycles. The molecule has 30 heavy (non-hydrogen) atoms. The number of unbranched alkanes of at least 4 members (excludes halogenated alkanes) is 1. The zero-order valence-electron chi connectivity index (χ0n) is 17.6. The average molecular weight is 405 g/mol. The molecule has 2 atom stereocenters. The zero-order chi connectivity index (χ0) is 21.3. The monoisotopic (exact) mass is 404 g/mol. The molecule has 2 aromatic rings. The first-order valence-electron chi connectivity index (χ1n) is 10.4. The average Bonchev–Trinajstić information content (AvgIpc) is 3.12. The zero-order valence-corrected chi connectivity index (χ0v) is 17.6. The summed E-state index contributed by atoms with van der Waals surface area (Å²) in [5, 5.41) is 2.90. The fourth-order valence-electron chi connectivity index (χ4n) is 3.76. The van der Waals surface area contributed by atoms with Gasteiger partial charge in [-0.1, -0.05) is 55.5 Å². The maximum absolute atomic E-state index is 12.9. The van der Waals surface area contributed by atoms with Gasteiger partial charge in [-0.25, -0.2) is 0 Å². The minimum Gasteiger partial charge on any atom is -0.497 e. The van der Waals surface area contributed by atoms with Gasteiger partial charge in [-0.2, -0.15) is 0 Å². The van der Waals surface area contributed by atoms with E-state index in [1.165, 1.54) is 0 Å². The fraction of sp³-hybridized carbons (Fsp3) is 0.360. The van der Waals surface area contributed by atoms with Crippen molar-refractivity contribution in [3.63, 3.8) is 0 Å². The maximum Gasteiger partial charge on any atom is 0.226 e. The minimum atomic E-state index is -0.429. The van der Waals surface area contributed by atoms with E-state index in [4.69, 9.17) is 4.74 Å². The molecule has 5 heteroatoms. The number of carbonyl (C=O) groups is 2. The number of rotatable bonds is 7. The van der Waals surface area contributed by atoms with Gasteiger partial charge < -0.3 is 15.0 Å². The van der Waals surface area contributed by atoms with Crippen LogP contribution in [-0.2, 0) is 9.59 Å². The van der Waals surface area contributed by atoms with Crippen LogP contribution in [0.1, 0.15) is 43.4 Å². The second-order valence-electron chi connectivity index (χ2n) is 7.35. The van der Waals surface area contributed by atoms with Crippen LogP contribution >= 0.6 is 0 Å². The first kappa shape index (κ1) is 21.4. The Bertz CT molecular complexity index is 913. The van der Waals surface area contributed by atoms with Gasteiger partial charge in [0.05, 0.1) is 25.6 Å². The first-order valence-corrected chi connectivity index (χ1v) is 10.4. The fourth-order valence-corrected chi connectivity index (χ4v) is 3.76. The third kappa shape index (κ3) is 5.21. The van der Waals surface area contributed by atoms with E-state index in [0.717, 1.165) is 29.7 Å². The quantitative estimate of drug-likeness (QED) is 0.718. The molecule has 2 amide bonds. The summed E-state index contributed by atoms with van der Waals surface area (Å²) >= 11 is 0. The van der Waals surface area contributed by atoms with Crippen molar-refractivity contribution in [1.29, 1.82) is 0 Å². The summed E-state index contributed by atoms with van der Waals surface area (Å²) in [6.07, 6.45) is 2.12. The molecule has 1 aliphatic heterocycles. The van der Waals surface area contributed by atoms with Crippen LogP contribution in [0.3, 0.4) is 0 Å². The van der Waals surface area contributed by atoms with Crippen LogP contribution in [-0.4, -0.2) is 36.9 Å². The van der Waals surface area contributed by atoms with Crippen LogP contribution in [0.25, 0.3) is 0 Å². The molecule has 3 rings (SSSR count). The first-order chi connectivity index (χ1) is 14.6. The van der Waals surface area contributed by atoms with E-state index < -0.39 is 5.92 Å². The molecule has 0 aromatic heterocycles. The van der Waals surface area contributed by atoms with Crippen LogP contribution in [0.5, 0.6) is 5.75 Å². The second-order valence-corrected chi connectivity index (χ2v) is 7.35. The molecular weight excluding hydrogens is 376 g/mol. The molecule has 0 radical (unpaired) electrons. The van der Waals surface area contributed by atoms with E-state index in [1.807, 2.05) is 59.5 Å². The Balaban J connectivity index is 1.73. The van der Waals surface area contributed by atoms with Crippen molar-refractivity contribution in [3.05, 3.63) is 65.7 Å². The van der Waals surface area contributed by atoms with Gasteiger partial charge in [0.25, 0.3) is 0 Å². The molecule has 156 valence electrons. The number of methoxy groups -OCH3 is 1. The number of nitrogens with zero attached hydrogens (tertiary/aromatic N) is 1. The molecule has 2 unspecified atom stereocenters. The van der Waals surface area contributed by atoms with Gasteiger partial charge in [-0.15, -0.1) is 0 Å². The highest BCUT2D eigenvalue weighted by Gasteiger charge is 2.43. The summed E-state index contributed by atoms with van der Waals surface area (Å²) in [6.45, 7) is 3.00. The van der Waals surface area contributed by atoms with Gasteiger partial charge in [-0.3, -0.25) is 9.59 Å². The lowest BCUT2D eigenvalue weighted by atomic mass is 9.92. The van der Waals surface area contributed by atoms with E-state index in [-0.39, 0.29) is 30.8 Å². The normalized spacial score (nSPS) is 17.9. The highest BCUT2D eigenvalue weighted by atomic mass is 16.5. The molecule has 1 N–H and O–H groups in total. The van der Waals surface area contributed by atoms with Gasteiger partial charge in [0, 0.05) is 18.5 Å². The summed E-state index contributed by atoms with van der Waals surface area (Å²) < 4.78 is 5.25. The van der Waals surface area contributed by atoms with Crippen molar-refractivity contribution in [2.24, 2.45) is 5.92 Å². The smallest absolute Gasteiger partial charge is 0.226 e. The molecule has 0 spiro atoms. The van der Waals surface area contributed by atoms with Crippen LogP contribution < -0.4 is 10.1 Å². The van der Waals surface area contributed by atoms with Crippen LogP contribution in [0.15, 0.2) is 54.6 Å². The maximum atomic E-state index is 12.9. The van der Waals surface area contributed by atoms with Gasteiger partial charge in [0.2, 0.25) is 11.8 Å². The second kappa shape index (κ2) is 10.5. The van der Waals surface area contributed by atoms with Gasteiger partial charge >= 0.3 is 0 Å². The highest BCUT2D eigenvalue weighted by Crippen LogP contribution is 2.39. The van der Waals surface area contributed by atoms with Crippen molar-refractivity contribution in [2.75, 3.05) is 20.2 Å². The third-order valence-electron chi connectivity index (χ3n) is 5.34. The summed E-state index contributed by atoms with van der Waals surface area (Å²) in [6, 6.07) is 17.0. The van der Waals surface area contributed by atoms with Crippen molar-refractivity contribution in [3.8, 4) is 17.6 Å². The number of likely N-dealkylation sites (tertiary alicyclic amines) is 1. The van der Waals surface area contributed by atoms with Crippen molar-refractivity contribution in [2.45, 2.75) is 32.2 Å². The molecule has 0 aliphatic carbocycles. The lowest BCUT2D eigenvalue weighted by Crippen LogP contribution is -2.36. The highest BCUT2D eigenvalue weighted by molar-refractivity contribution is 5.90. The Labute approximate surface area is 178 Å². The summed E-state index contributed by atoms with van der Waals surface area (Å²) in [5.41, 5.74) is 1.86. The third-order valence-corrected chi connectivity index (χ3v) is 5.34. The van der Waals surface area contributed by atoms with E-state index in [2.05, 4.69) is 24.1 Å². The van der Waals surface area contributed by atoms with Crippen LogP contribution in [0.2, 0.25) is 0 Å². The molecule has 0 saturated carbocycles. The molecule has 2 aromatic carbocycles. The summed E-state index contributed by atoms with van der Waals surface area (Å²) in [7, 11) is 1.62. The Hall–Kier alpha value is -3.26.